The maximum absolute atomic E-state index is 12.6. The number of para-hydroxylation sites is 1. The third kappa shape index (κ3) is 4.65. The lowest BCUT2D eigenvalue weighted by Gasteiger charge is -2.09. The van der Waals surface area contributed by atoms with Gasteiger partial charge < -0.3 is 10.3 Å². The van der Waals surface area contributed by atoms with E-state index in [0.29, 0.717) is 28.6 Å². The standard InChI is InChI=1S/C28H23Cl2N3O/c1-17-9-13-24-21(15-17)20(6-4-8-27(34)32-26-16-19(29)11-12-22(26)30)28(33-24)25-14-10-18-5-2-3-7-23(18)31-25/h2-3,5,7,9-16,33H,4,6,8H2,1H3,(H,32,34). The minimum absolute atomic E-state index is 0.0921. The summed E-state index contributed by atoms with van der Waals surface area (Å²) in [7, 11) is 0. The van der Waals surface area contributed by atoms with Crippen molar-refractivity contribution in [3.63, 3.8) is 0 Å². The second-order valence-corrected chi connectivity index (χ2v) is 9.29. The molecule has 0 atom stereocenters. The number of nitrogens with one attached hydrogen (secondary N) is 2. The van der Waals surface area contributed by atoms with Crippen LogP contribution in [0.3, 0.4) is 0 Å². The summed E-state index contributed by atoms with van der Waals surface area (Å²) in [6.07, 6.45) is 1.79. The number of anilines is 1. The molecule has 0 aliphatic carbocycles. The van der Waals surface area contributed by atoms with Crippen LogP contribution in [-0.4, -0.2) is 15.9 Å². The Morgan fingerprint density at radius 1 is 1.00 bits per heavy atom. The van der Waals surface area contributed by atoms with E-state index in [1.54, 1.807) is 18.2 Å². The van der Waals surface area contributed by atoms with Gasteiger partial charge >= 0.3 is 0 Å². The first kappa shape index (κ1) is 22.5. The highest BCUT2D eigenvalue weighted by Crippen LogP contribution is 2.32. The highest BCUT2D eigenvalue weighted by molar-refractivity contribution is 6.35. The van der Waals surface area contributed by atoms with Crippen molar-refractivity contribution in [2.75, 3.05) is 5.32 Å². The maximum Gasteiger partial charge on any atom is 0.224 e. The molecule has 0 aliphatic heterocycles. The summed E-state index contributed by atoms with van der Waals surface area (Å²) >= 11 is 12.2. The summed E-state index contributed by atoms with van der Waals surface area (Å²) in [5.41, 5.74) is 6.83. The van der Waals surface area contributed by atoms with Crippen molar-refractivity contribution < 1.29 is 4.79 Å². The fourth-order valence-corrected chi connectivity index (χ4v) is 4.61. The number of nitrogens with zero attached hydrogens (tertiary/aromatic N) is 1. The minimum atomic E-state index is -0.0921. The fraction of sp³-hybridized carbons (Fsp3) is 0.143. The second-order valence-electron chi connectivity index (χ2n) is 8.44. The number of halogens is 2. The van der Waals surface area contributed by atoms with Gasteiger partial charge in [0.1, 0.15) is 0 Å². The summed E-state index contributed by atoms with van der Waals surface area (Å²) in [6, 6.07) is 23.7. The van der Waals surface area contributed by atoms with Crippen LogP contribution in [0.4, 0.5) is 5.69 Å². The molecule has 3 aromatic carbocycles. The summed E-state index contributed by atoms with van der Waals surface area (Å²) in [6.45, 7) is 2.09. The first-order valence-corrected chi connectivity index (χ1v) is 12.0. The highest BCUT2D eigenvalue weighted by Gasteiger charge is 2.16. The molecule has 0 radical (unpaired) electrons. The molecule has 0 unspecified atom stereocenters. The Labute approximate surface area is 207 Å². The van der Waals surface area contributed by atoms with Gasteiger partial charge in [-0.3, -0.25) is 4.79 Å². The first-order valence-electron chi connectivity index (χ1n) is 11.2. The van der Waals surface area contributed by atoms with Gasteiger partial charge in [-0.05, 0) is 67.8 Å². The molecule has 0 fully saturated rings. The Kier molecular flexibility index (Phi) is 6.27. The van der Waals surface area contributed by atoms with Crippen molar-refractivity contribution in [3.05, 3.63) is 94.0 Å². The average molecular weight is 488 g/mol. The Balaban J connectivity index is 1.41. The maximum atomic E-state index is 12.6. The van der Waals surface area contributed by atoms with E-state index in [1.165, 1.54) is 16.5 Å². The van der Waals surface area contributed by atoms with E-state index >= 15 is 0 Å². The van der Waals surface area contributed by atoms with E-state index in [4.69, 9.17) is 28.2 Å². The molecule has 0 saturated carbocycles. The molecule has 4 nitrogen and oxygen atoms in total. The van der Waals surface area contributed by atoms with Crippen LogP contribution < -0.4 is 5.32 Å². The largest absolute Gasteiger partial charge is 0.353 e. The van der Waals surface area contributed by atoms with Crippen LogP contribution in [-0.2, 0) is 11.2 Å². The fourth-order valence-electron chi connectivity index (χ4n) is 4.28. The van der Waals surface area contributed by atoms with Crippen LogP contribution in [0.25, 0.3) is 33.2 Å². The minimum Gasteiger partial charge on any atom is -0.353 e. The molecule has 2 heterocycles. The molecule has 1 amide bonds. The van der Waals surface area contributed by atoms with Crippen molar-refractivity contribution in [1.29, 1.82) is 0 Å². The van der Waals surface area contributed by atoms with Crippen molar-refractivity contribution in [3.8, 4) is 11.4 Å². The van der Waals surface area contributed by atoms with Crippen molar-refractivity contribution in [2.45, 2.75) is 26.2 Å². The van der Waals surface area contributed by atoms with Gasteiger partial charge in [0.05, 0.1) is 27.6 Å². The van der Waals surface area contributed by atoms with E-state index < -0.39 is 0 Å². The number of H-pyrrole nitrogens is 1. The lowest BCUT2D eigenvalue weighted by molar-refractivity contribution is -0.116. The lowest BCUT2D eigenvalue weighted by atomic mass is 10.0. The van der Waals surface area contributed by atoms with Gasteiger partial charge in [0.2, 0.25) is 5.91 Å². The highest BCUT2D eigenvalue weighted by atomic mass is 35.5. The second kappa shape index (κ2) is 9.49. The molecule has 6 heteroatoms. The molecule has 5 rings (SSSR count). The predicted molar refractivity (Wildman–Crippen MR) is 142 cm³/mol. The molecule has 170 valence electrons. The van der Waals surface area contributed by atoms with Crippen LogP contribution in [0.2, 0.25) is 10.0 Å². The smallest absolute Gasteiger partial charge is 0.224 e. The van der Waals surface area contributed by atoms with E-state index in [2.05, 4.69) is 53.6 Å². The Morgan fingerprint density at radius 3 is 2.74 bits per heavy atom. The van der Waals surface area contributed by atoms with E-state index in [-0.39, 0.29) is 5.91 Å². The topological polar surface area (TPSA) is 57.8 Å². The van der Waals surface area contributed by atoms with Gasteiger partial charge in [0.15, 0.2) is 0 Å². The van der Waals surface area contributed by atoms with Crippen molar-refractivity contribution in [1.82, 2.24) is 9.97 Å². The number of aryl methyl sites for hydroxylation is 2. The summed E-state index contributed by atoms with van der Waals surface area (Å²) in [4.78, 5) is 21.1. The predicted octanol–water partition coefficient (Wildman–Crippen LogP) is 7.96. The molecule has 0 bridgehead atoms. The van der Waals surface area contributed by atoms with E-state index in [9.17, 15) is 4.79 Å². The molecular weight excluding hydrogens is 465 g/mol. The van der Waals surface area contributed by atoms with Gasteiger partial charge in [-0.25, -0.2) is 4.98 Å². The van der Waals surface area contributed by atoms with E-state index in [0.717, 1.165) is 34.2 Å². The molecule has 0 spiro atoms. The monoisotopic (exact) mass is 487 g/mol. The number of benzene rings is 3. The zero-order valence-corrected chi connectivity index (χ0v) is 20.2. The summed E-state index contributed by atoms with van der Waals surface area (Å²) in [5.74, 6) is -0.0921. The van der Waals surface area contributed by atoms with Gasteiger partial charge in [0.25, 0.3) is 0 Å². The summed E-state index contributed by atoms with van der Waals surface area (Å²) < 4.78 is 0. The number of fused-ring (bicyclic) bond motifs is 2. The Morgan fingerprint density at radius 2 is 1.85 bits per heavy atom. The SMILES string of the molecule is Cc1ccc2[nH]c(-c3ccc4ccccc4n3)c(CCCC(=O)Nc3cc(Cl)ccc3Cl)c2c1. The number of aromatic nitrogens is 2. The molecule has 34 heavy (non-hydrogen) atoms. The third-order valence-corrected chi connectivity index (χ3v) is 6.51. The quantitative estimate of drug-likeness (QED) is 0.255. The average Bonchev–Trinajstić information content (AvgIpc) is 3.19. The van der Waals surface area contributed by atoms with Crippen LogP contribution in [0, 0.1) is 6.92 Å². The van der Waals surface area contributed by atoms with Gasteiger partial charge in [0, 0.05) is 27.7 Å². The molecule has 2 aromatic heterocycles. The molecule has 0 aliphatic rings. The van der Waals surface area contributed by atoms with Crippen LogP contribution in [0.5, 0.6) is 0 Å². The number of carbonyl (C=O) groups is 1. The number of hydrogen-bond acceptors (Lipinski definition) is 2. The first-order chi connectivity index (χ1) is 16.5. The van der Waals surface area contributed by atoms with Crippen molar-refractivity contribution in [2.24, 2.45) is 0 Å². The summed E-state index contributed by atoms with van der Waals surface area (Å²) in [5, 5.41) is 6.14. The zero-order chi connectivity index (χ0) is 23.7. The van der Waals surface area contributed by atoms with E-state index in [1.807, 2.05) is 18.2 Å². The number of aromatic amines is 1. The molecule has 5 aromatic rings. The van der Waals surface area contributed by atoms with Gasteiger partial charge in [-0.1, -0.05) is 59.1 Å². The van der Waals surface area contributed by atoms with Crippen LogP contribution in [0.1, 0.15) is 24.0 Å². The zero-order valence-electron chi connectivity index (χ0n) is 18.7. The van der Waals surface area contributed by atoms with Crippen LogP contribution in [0.15, 0.2) is 72.8 Å². The third-order valence-electron chi connectivity index (χ3n) is 5.95. The lowest BCUT2D eigenvalue weighted by Crippen LogP contribution is -2.12. The molecule has 0 saturated heterocycles. The van der Waals surface area contributed by atoms with Gasteiger partial charge in [-0.2, -0.15) is 0 Å². The Bertz CT molecular complexity index is 1520. The number of pyridine rings is 1. The Hall–Kier alpha value is -3.34. The van der Waals surface area contributed by atoms with Crippen LogP contribution >= 0.6 is 23.2 Å². The number of rotatable bonds is 6. The normalized spacial score (nSPS) is 11.3. The van der Waals surface area contributed by atoms with Crippen molar-refractivity contribution >= 4 is 56.6 Å². The van der Waals surface area contributed by atoms with Gasteiger partial charge in [-0.15, -0.1) is 0 Å². The molecular formula is C28H23Cl2N3O. The number of amides is 1. The number of carbonyl (C=O) groups excluding carboxylic acids is 1. The number of hydrogen-bond donors (Lipinski definition) is 2. The molecule has 2 N–H and O–H groups in total.